The lowest BCUT2D eigenvalue weighted by Crippen LogP contribution is -2.31. The summed E-state index contributed by atoms with van der Waals surface area (Å²) in [5.74, 6) is 1.79. The summed E-state index contributed by atoms with van der Waals surface area (Å²) < 4.78 is 15.7. The number of rotatable bonds is 8. The zero-order valence-electron chi connectivity index (χ0n) is 10.3. The third kappa shape index (κ3) is 4.35. The fourth-order valence-electron chi connectivity index (χ4n) is 1.50. The lowest BCUT2D eigenvalue weighted by Gasteiger charge is -2.14. The predicted molar refractivity (Wildman–Crippen MR) is 62.2 cm³/mol. The van der Waals surface area contributed by atoms with Gasteiger partial charge in [0.25, 0.3) is 0 Å². The smallest absolute Gasteiger partial charge is 0.129 e. The van der Waals surface area contributed by atoms with Crippen LogP contribution in [0.2, 0.25) is 0 Å². The summed E-state index contributed by atoms with van der Waals surface area (Å²) in [6, 6.07) is 4.29. The SMILES string of the molecule is CCC(COC)NCc1ccc(COC)o1. The first kappa shape index (κ1) is 13.2. The van der Waals surface area contributed by atoms with Crippen molar-refractivity contribution in [2.45, 2.75) is 32.5 Å². The molecule has 1 heterocycles. The lowest BCUT2D eigenvalue weighted by atomic mass is 10.2. The van der Waals surface area contributed by atoms with Gasteiger partial charge in [-0.15, -0.1) is 0 Å². The molecule has 1 N–H and O–H groups in total. The van der Waals surface area contributed by atoms with Crippen molar-refractivity contribution in [1.82, 2.24) is 5.32 Å². The van der Waals surface area contributed by atoms with Crippen molar-refractivity contribution < 1.29 is 13.9 Å². The average molecular weight is 227 g/mol. The molecule has 1 unspecified atom stereocenters. The average Bonchev–Trinajstić information content (AvgIpc) is 2.72. The highest BCUT2D eigenvalue weighted by Gasteiger charge is 2.07. The Morgan fingerprint density at radius 1 is 1.25 bits per heavy atom. The van der Waals surface area contributed by atoms with E-state index < -0.39 is 0 Å². The van der Waals surface area contributed by atoms with Crippen molar-refractivity contribution in [1.29, 1.82) is 0 Å². The van der Waals surface area contributed by atoms with Gasteiger partial charge in [-0.05, 0) is 18.6 Å². The zero-order valence-corrected chi connectivity index (χ0v) is 10.3. The number of hydrogen-bond acceptors (Lipinski definition) is 4. The Bertz CT molecular complexity index is 286. The molecule has 0 fully saturated rings. The van der Waals surface area contributed by atoms with Crippen molar-refractivity contribution in [3.63, 3.8) is 0 Å². The molecule has 0 bridgehead atoms. The molecule has 0 aliphatic heterocycles. The van der Waals surface area contributed by atoms with Crippen LogP contribution >= 0.6 is 0 Å². The second-order valence-corrected chi connectivity index (χ2v) is 3.74. The van der Waals surface area contributed by atoms with Gasteiger partial charge in [0.15, 0.2) is 0 Å². The molecular weight excluding hydrogens is 206 g/mol. The molecule has 0 saturated heterocycles. The summed E-state index contributed by atoms with van der Waals surface area (Å²) in [6.07, 6.45) is 1.04. The van der Waals surface area contributed by atoms with Crippen LogP contribution in [0.3, 0.4) is 0 Å². The minimum Gasteiger partial charge on any atom is -0.462 e. The highest BCUT2D eigenvalue weighted by atomic mass is 16.5. The van der Waals surface area contributed by atoms with Crippen molar-refractivity contribution in [2.24, 2.45) is 0 Å². The molecule has 1 atom stereocenters. The molecule has 0 saturated carbocycles. The number of furan rings is 1. The summed E-state index contributed by atoms with van der Waals surface area (Å²) in [6.45, 7) is 4.11. The van der Waals surface area contributed by atoms with E-state index in [2.05, 4.69) is 12.2 Å². The standard InChI is InChI=1S/C12H21NO3/c1-4-10(8-14-2)13-7-11-5-6-12(16-11)9-15-3/h5-6,10,13H,4,7-9H2,1-3H3. The molecule has 92 valence electrons. The zero-order chi connectivity index (χ0) is 11.8. The summed E-state index contributed by atoms with van der Waals surface area (Å²) in [4.78, 5) is 0. The van der Waals surface area contributed by atoms with Crippen LogP contribution in [0.15, 0.2) is 16.5 Å². The highest BCUT2D eigenvalue weighted by Crippen LogP contribution is 2.09. The van der Waals surface area contributed by atoms with Crippen LogP contribution in [0.1, 0.15) is 24.9 Å². The van der Waals surface area contributed by atoms with E-state index in [0.29, 0.717) is 12.6 Å². The van der Waals surface area contributed by atoms with E-state index in [1.165, 1.54) is 0 Å². The fraction of sp³-hybridized carbons (Fsp3) is 0.667. The summed E-state index contributed by atoms with van der Waals surface area (Å²) in [5, 5.41) is 3.38. The molecule has 4 heteroatoms. The first-order valence-electron chi connectivity index (χ1n) is 5.59. The quantitative estimate of drug-likeness (QED) is 0.737. The largest absolute Gasteiger partial charge is 0.462 e. The van der Waals surface area contributed by atoms with Gasteiger partial charge in [0.2, 0.25) is 0 Å². The van der Waals surface area contributed by atoms with Crippen LogP contribution in [0.4, 0.5) is 0 Å². The summed E-state index contributed by atoms with van der Waals surface area (Å²) >= 11 is 0. The van der Waals surface area contributed by atoms with E-state index in [0.717, 1.165) is 31.1 Å². The van der Waals surface area contributed by atoms with Crippen LogP contribution in [0.25, 0.3) is 0 Å². The molecule has 1 rings (SSSR count). The second-order valence-electron chi connectivity index (χ2n) is 3.74. The van der Waals surface area contributed by atoms with Gasteiger partial charge in [0.05, 0.1) is 13.2 Å². The molecule has 1 aromatic heterocycles. The van der Waals surface area contributed by atoms with Gasteiger partial charge in [-0.3, -0.25) is 0 Å². The van der Waals surface area contributed by atoms with Gasteiger partial charge in [-0.25, -0.2) is 0 Å². The molecule has 0 radical (unpaired) electrons. The van der Waals surface area contributed by atoms with E-state index in [1.54, 1.807) is 14.2 Å². The third-order valence-corrected chi connectivity index (χ3v) is 2.43. The van der Waals surface area contributed by atoms with Crippen molar-refractivity contribution in [2.75, 3.05) is 20.8 Å². The van der Waals surface area contributed by atoms with E-state index in [9.17, 15) is 0 Å². The Labute approximate surface area is 96.9 Å². The van der Waals surface area contributed by atoms with E-state index in [1.807, 2.05) is 12.1 Å². The van der Waals surface area contributed by atoms with Gasteiger partial charge >= 0.3 is 0 Å². The highest BCUT2D eigenvalue weighted by molar-refractivity contribution is 5.06. The molecule has 0 aliphatic rings. The number of nitrogens with one attached hydrogen (secondary N) is 1. The third-order valence-electron chi connectivity index (χ3n) is 2.43. The molecule has 16 heavy (non-hydrogen) atoms. The minimum absolute atomic E-state index is 0.376. The van der Waals surface area contributed by atoms with Crippen LogP contribution < -0.4 is 5.32 Å². The maximum atomic E-state index is 5.57. The number of hydrogen-bond donors (Lipinski definition) is 1. The molecule has 0 aromatic carbocycles. The number of methoxy groups -OCH3 is 2. The molecular formula is C12H21NO3. The maximum Gasteiger partial charge on any atom is 0.129 e. The second kappa shape index (κ2) is 7.44. The summed E-state index contributed by atoms with van der Waals surface area (Å²) in [5.41, 5.74) is 0. The molecule has 0 amide bonds. The molecule has 0 spiro atoms. The van der Waals surface area contributed by atoms with Crippen LogP contribution in [0, 0.1) is 0 Å². The van der Waals surface area contributed by atoms with Crippen LogP contribution in [-0.4, -0.2) is 26.9 Å². The Morgan fingerprint density at radius 2 is 2.00 bits per heavy atom. The Balaban J connectivity index is 2.34. The van der Waals surface area contributed by atoms with Crippen LogP contribution in [0.5, 0.6) is 0 Å². The van der Waals surface area contributed by atoms with Crippen LogP contribution in [-0.2, 0) is 22.6 Å². The fourth-order valence-corrected chi connectivity index (χ4v) is 1.50. The Kier molecular flexibility index (Phi) is 6.15. The first-order chi connectivity index (χ1) is 7.80. The van der Waals surface area contributed by atoms with Gasteiger partial charge in [-0.1, -0.05) is 6.92 Å². The Hall–Kier alpha value is -0.840. The van der Waals surface area contributed by atoms with E-state index in [4.69, 9.17) is 13.9 Å². The summed E-state index contributed by atoms with van der Waals surface area (Å²) in [7, 11) is 3.38. The molecule has 1 aromatic rings. The van der Waals surface area contributed by atoms with Crippen molar-refractivity contribution >= 4 is 0 Å². The van der Waals surface area contributed by atoms with Crippen molar-refractivity contribution in [3.05, 3.63) is 23.7 Å². The van der Waals surface area contributed by atoms with Crippen molar-refractivity contribution in [3.8, 4) is 0 Å². The molecule has 4 nitrogen and oxygen atoms in total. The molecule has 0 aliphatic carbocycles. The normalized spacial score (nSPS) is 12.9. The van der Waals surface area contributed by atoms with Gasteiger partial charge in [0.1, 0.15) is 18.1 Å². The minimum atomic E-state index is 0.376. The predicted octanol–water partition coefficient (Wildman–Crippen LogP) is 1.94. The monoisotopic (exact) mass is 227 g/mol. The number of ether oxygens (including phenoxy) is 2. The van der Waals surface area contributed by atoms with E-state index >= 15 is 0 Å². The Morgan fingerprint density at radius 3 is 2.62 bits per heavy atom. The van der Waals surface area contributed by atoms with E-state index in [-0.39, 0.29) is 0 Å². The van der Waals surface area contributed by atoms with Gasteiger partial charge in [-0.2, -0.15) is 0 Å². The lowest BCUT2D eigenvalue weighted by molar-refractivity contribution is 0.157. The van der Waals surface area contributed by atoms with Gasteiger partial charge in [0, 0.05) is 20.3 Å². The topological polar surface area (TPSA) is 43.6 Å². The van der Waals surface area contributed by atoms with Gasteiger partial charge < -0.3 is 19.2 Å². The first-order valence-corrected chi connectivity index (χ1v) is 5.59. The maximum absolute atomic E-state index is 5.57.